The van der Waals surface area contributed by atoms with Crippen LogP contribution in [0.1, 0.15) is 52.0 Å². The SMILES string of the molecule is CC(=O)N(C[C@@H]1CCCN1Cc1cnn(CC(C)C)c1)C1CC1. The molecule has 1 aliphatic carbocycles. The fourth-order valence-electron chi connectivity index (χ4n) is 3.65. The molecular weight excluding hydrogens is 288 g/mol. The molecule has 2 aliphatic rings. The van der Waals surface area contributed by atoms with Gasteiger partial charge < -0.3 is 4.90 Å². The van der Waals surface area contributed by atoms with E-state index in [4.69, 9.17) is 0 Å². The van der Waals surface area contributed by atoms with E-state index in [0.29, 0.717) is 18.0 Å². The first-order valence-corrected chi connectivity index (χ1v) is 9.05. The molecule has 0 bridgehead atoms. The zero-order valence-electron chi connectivity index (χ0n) is 14.7. The summed E-state index contributed by atoms with van der Waals surface area (Å²) in [5.41, 5.74) is 1.29. The zero-order chi connectivity index (χ0) is 16.4. The van der Waals surface area contributed by atoms with Crippen molar-refractivity contribution in [2.24, 2.45) is 5.92 Å². The van der Waals surface area contributed by atoms with Crippen molar-refractivity contribution in [3.63, 3.8) is 0 Å². The molecule has 1 amide bonds. The van der Waals surface area contributed by atoms with Gasteiger partial charge in [0.1, 0.15) is 0 Å². The van der Waals surface area contributed by atoms with Gasteiger partial charge in [-0.25, -0.2) is 0 Å². The topological polar surface area (TPSA) is 41.4 Å². The number of carbonyl (C=O) groups is 1. The summed E-state index contributed by atoms with van der Waals surface area (Å²) in [6.07, 6.45) is 9.00. The second kappa shape index (κ2) is 7.04. The van der Waals surface area contributed by atoms with Crippen LogP contribution in [0.5, 0.6) is 0 Å². The highest BCUT2D eigenvalue weighted by Gasteiger charge is 2.35. The van der Waals surface area contributed by atoms with Crippen molar-refractivity contribution >= 4 is 5.91 Å². The summed E-state index contributed by atoms with van der Waals surface area (Å²) < 4.78 is 2.05. The van der Waals surface area contributed by atoms with Gasteiger partial charge in [0.15, 0.2) is 0 Å². The zero-order valence-corrected chi connectivity index (χ0v) is 14.7. The van der Waals surface area contributed by atoms with Crippen LogP contribution in [0.3, 0.4) is 0 Å². The van der Waals surface area contributed by atoms with Crippen LogP contribution >= 0.6 is 0 Å². The lowest BCUT2D eigenvalue weighted by atomic mass is 10.2. The van der Waals surface area contributed by atoms with E-state index in [0.717, 1.165) is 26.2 Å². The molecule has 0 unspecified atom stereocenters. The predicted molar refractivity (Wildman–Crippen MR) is 90.9 cm³/mol. The third kappa shape index (κ3) is 4.34. The first-order valence-electron chi connectivity index (χ1n) is 9.05. The van der Waals surface area contributed by atoms with Gasteiger partial charge in [-0.1, -0.05) is 13.8 Å². The molecule has 0 spiro atoms. The van der Waals surface area contributed by atoms with Crippen LogP contribution in [-0.2, 0) is 17.9 Å². The molecule has 5 heteroatoms. The van der Waals surface area contributed by atoms with E-state index in [1.807, 2.05) is 6.20 Å². The van der Waals surface area contributed by atoms with Crippen LogP contribution in [0, 0.1) is 5.92 Å². The lowest BCUT2D eigenvalue weighted by Gasteiger charge is -2.30. The van der Waals surface area contributed by atoms with Gasteiger partial charge >= 0.3 is 0 Å². The molecule has 0 radical (unpaired) electrons. The van der Waals surface area contributed by atoms with Crippen molar-refractivity contribution < 1.29 is 4.79 Å². The Hall–Kier alpha value is -1.36. The summed E-state index contributed by atoms with van der Waals surface area (Å²) in [5.74, 6) is 0.856. The molecule has 23 heavy (non-hydrogen) atoms. The molecule has 2 heterocycles. The minimum atomic E-state index is 0.240. The Labute approximate surface area is 139 Å². The second-order valence-corrected chi connectivity index (χ2v) is 7.63. The Bertz CT molecular complexity index is 535. The summed E-state index contributed by atoms with van der Waals surface area (Å²) in [7, 11) is 0. The number of carbonyl (C=O) groups excluding carboxylic acids is 1. The first kappa shape index (κ1) is 16.5. The van der Waals surface area contributed by atoms with Gasteiger partial charge in [0.05, 0.1) is 6.20 Å². The maximum Gasteiger partial charge on any atom is 0.219 e. The number of nitrogens with zero attached hydrogens (tertiary/aromatic N) is 4. The molecule has 2 fully saturated rings. The molecule has 0 N–H and O–H groups in total. The van der Waals surface area contributed by atoms with E-state index >= 15 is 0 Å². The lowest BCUT2D eigenvalue weighted by Crippen LogP contribution is -2.43. The van der Waals surface area contributed by atoms with Crippen LogP contribution in [0.15, 0.2) is 12.4 Å². The highest BCUT2D eigenvalue weighted by molar-refractivity contribution is 5.74. The van der Waals surface area contributed by atoms with E-state index < -0.39 is 0 Å². The summed E-state index contributed by atoms with van der Waals surface area (Å²) in [4.78, 5) is 16.5. The Morgan fingerprint density at radius 2 is 2.17 bits per heavy atom. The molecule has 1 aromatic rings. The monoisotopic (exact) mass is 318 g/mol. The molecule has 1 saturated carbocycles. The van der Waals surface area contributed by atoms with E-state index in [1.54, 1.807) is 6.92 Å². The molecule has 1 atom stereocenters. The van der Waals surface area contributed by atoms with Gasteiger partial charge in [-0.3, -0.25) is 14.4 Å². The number of likely N-dealkylation sites (tertiary alicyclic amines) is 1. The van der Waals surface area contributed by atoms with E-state index in [1.165, 1.54) is 31.2 Å². The average molecular weight is 318 g/mol. The number of hydrogen-bond donors (Lipinski definition) is 0. The second-order valence-electron chi connectivity index (χ2n) is 7.63. The summed E-state index contributed by atoms with van der Waals surface area (Å²) >= 11 is 0. The molecule has 1 saturated heterocycles. The first-order chi connectivity index (χ1) is 11.0. The quantitative estimate of drug-likeness (QED) is 0.776. The number of rotatable bonds is 7. The largest absolute Gasteiger partial charge is 0.338 e. The molecule has 1 aliphatic heterocycles. The summed E-state index contributed by atoms with van der Waals surface area (Å²) in [5, 5.41) is 4.48. The maximum atomic E-state index is 11.9. The standard InChI is InChI=1S/C18H30N4O/c1-14(2)10-21-12-16(9-19-21)11-20-8-4-5-18(20)13-22(15(3)23)17-6-7-17/h9,12,14,17-18H,4-8,10-11,13H2,1-3H3/t18-/m0/s1. The van der Waals surface area contributed by atoms with Crippen molar-refractivity contribution in [3.05, 3.63) is 18.0 Å². The van der Waals surface area contributed by atoms with Crippen LogP contribution in [0.25, 0.3) is 0 Å². The summed E-state index contributed by atoms with van der Waals surface area (Å²) in [6, 6.07) is 1.02. The Kier molecular flexibility index (Phi) is 5.05. The summed E-state index contributed by atoms with van der Waals surface area (Å²) in [6.45, 7) is 10.1. The van der Waals surface area contributed by atoms with Crippen molar-refractivity contribution in [2.75, 3.05) is 13.1 Å². The van der Waals surface area contributed by atoms with E-state index in [9.17, 15) is 4.79 Å². The fraction of sp³-hybridized carbons (Fsp3) is 0.778. The third-order valence-corrected chi connectivity index (χ3v) is 4.92. The predicted octanol–water partition coefficient (Wildman–Crippen LogP) is 2.51. The maximum absolute atomic E-state index is 11.9. The lowest BCUT2D eigenvalue weighted by molar-refractivity contribution is -0.130. The van der Waals surface area contributed by atoms with Gasteiger partial charge in [0.2, 0.25) is 5.91 Å². The van der Waals surface area contributed by atoms with E-state index in [-0.39, 0.29) is 5.91 Å². The van der Waals surface area contributed by atoms with Crippen molar-refractivity contribution in [2.45, 2.75) is 71.6 Å². The van der Waals surface area contributed by atoms with Gasteiger partial charge in [-0.2, -0.15) is 5.10 Å². The van der Waals surface area contributed by atoms with Gasteiger partial charge in [0.25, 0.3) is 0 Å². The Morgan fingerprint density at radius 3 is 2.83 bits per heavy atom. The molecule has 5 nitrogen and oxygen atoms in total. The molecular formula is C18H30N4O. The highest BCUT2D eigenvalue weighted by Crippen LogP contribution is 2.29. The van der Waals surface area contributed by atoms with Crippen LogP contribution in [-0.4, -0.2) is 50.7 Å². The number of hydrogen-bond acceptors (Lipinski definition) is 3. The van der Waals surface area contributed by atoms with Crippen molar-refractivity contribution in [3.8, 4) is 0 Å². The number of aromatic nitrogens is 2. The van der Waals surface area contributed by atoms with Crippen molar-refractivity contribution in [1.29, 1.82) is 0 Å². The van der Waals surface area contributed by atoms with Gasteiger partial charge in [-0.05, 0) is 38.1 Å². The molecule has 1 aromatic heterocycles. The van der Waals surface area contributed by atoms with Gasteiger partial charge in [-0.15, -0.1) is 0 Å². The van der Waals surface area contributed by atoms with Crippen molar-refractivity contribution in [1.82, 2.24) is 19.6 Å². The minimum absolute atomic E-state index is 0.240. The fourth-order valence-corrected chi connectivity index (χ4v) is 3.65. The Balaban J connectivity index is 1.58. The number of amides is 1. The Morgan fingerprint density at radius 1 is 1.39 bits per heavy atom. The highest BCUT2D eigenvalue weighted by atomic mass is 16.2. The smallest absolute Gasteiger partial charge is 0.219 e. The minimum Gasteiger partial charge on any atom is -0.338 e. The third-order valence-electron chi connectivity index (χ3n) is 4.92. The van der Waals surface area contributed by atoms with Gasteiger partial charge in [0, 0.05) is 50.4 Å². The molecule has 3 rings (SSSR count). The normalized spacial score (nSPS) is 22.0. The van der Waals surface area contributed by atoms with Crippen LogP contribution in [0.4, 0.5) is 0 Å². The van der Waals surface area contributed by atoms with E-state index in [2.05, 4.69) is 39.6 Å². The molecule has 0 aromatic carbocycles. The average Bonchev–Trinajstić information content (AvgIpc) is 3.07. The van der Waals surface area contributed by atoms with Crippen LogP contribution in [0.2, 0.25) is 0 Å². The van der Waals surface area contributed by atoms with Crippen LogP contribution < -0.4 is 0 Å². The molecule has 128 valence electrons.